The number of anilines is 1. The highest BCUT2D eigenvalue weighted by atomic mass is 35.5. The smallest absolute Gasteiger partial charge is 0.255 e. The summed E-state index contributed by atoms with van der Waals surface area (Å²) in [7, 11) is -3.41. The molecule has 1 heterocycles. The van der Waals surface area contributed by atoms with E-state index in [2.05, 4.69) is 10.3 Å². The maximum Gasteiger partial charge on any atom is 0.255 e. The molecule has 0 fully saturated rings. The van der Waals surface area contributed by atoms with Crippen molar-refractivity contribution >= 4 is 54.6 Å². The molecule has 0 spiro atoms. The van der Waals surface area contributed by atoms with Crippen molar-refractivity contribution in [1.82, 2.24) is 4.98 Å². The summed E-state index contributed by atoms with van der Waals surface area (Å²) >= 11 is 6.92. The van der Waals surface area contributed by atoms with Crippen LogP contribution >= 0.6 is 22.9 Å². The van der Waals surface area contributed by atoms with Gasteiger partial charge < -0.3 is 5.32 Å². The van der Waals surface area contributed by atoms with E-state index in [9.17, 15) is 13.2 Å². The molecule has 130 valence electrons. The number of nitrogens with zero attached hydrogens (tertiary/aromatic N) is 1. The highest BCUT2D eigenvalue weighted by molar-refractivity contribution is 7.94. The van der Waals surface area contributed by atoms with E-state index in [1.807, 2.05) is 0 Å². The maximum atomic E-state index is 12.3. The van der Waals surface area contributed by atoms with Crippen molar-refractivity contribution in [2.24, 2.45) is 0 Å². The van der Waals surface area contributed by atoms with Crippen molar-refractivity contribution in [2.75, 3.05) is 5.32 Å². The summed E-state index contributed by atoms with van der Waals surface area (Å²) in [5, 5.41) is 2.81. The van der Waals surface area contributed by atoms with Gasteiger partial charge in [-0.3, -0.25) is 4.79 Å². The third-order valence-electron chi connectivity index (χ3n) is 3.60. The van der Waals surface area contributed by atoms with Gasteiger partial charge in [-0.25, -0.2) is 13.4 Å². The van der Waals surface area contributed by atoms with Crippen LogP contribution in [0.1, 0.15) is 24.2 Å². The number of amides is 1. The average Bonchev–Trinajstić information content (AvgIpc) is 2.99. The van der Waals surface area contributed by atoms with Crippen LogP contribution < -0.4 is 5.32 Å². The Bertz CT molecular complexity index is 1040. The van der Waals surface area contributed by atoms with Crippen LogP contribution in [0, 0.1) is 0 Å². The largest absolute Gasteiger partial charge is 0.322 e. The number of aromatic nitrogens is 1. The Morgan fingerprint density at radius 2 is 1.84 bits per heavy atom. The van der Waals surface area contributed by atoms with E-state index in [1.165, 1.54) is 0 Å². The number of hydrogen-bond donors (Lipinski definition) is 1. The molecular formula is C17H15ClN2O3S2. The van der Waals surface area contributed by atoms with E-state index in [4.69, 9.17) is 11.6 Å². The predicted molar refractivity (Wildman–Crippen MR) is 101 cm³/mol. The average molecular weight is 395 g/mol. The summed E-state index contributed by atoms with van der Waals surface area (Å²) in [4.78, 5) is 16.4. The lowest BCUT2D eigenvalue weighted by atomic mass is 10.2. The third kappa shape index (κ3) is 3.68. The standard InChI is InChI=1S/C17H15ClN2O3S2/c1-10(2)25(22,23)17-20-14-8-7-13(9-15(14)24-17)19-16(21)11-3-5-12(18)6-4-11/h3-10H,1-2H3,(H,19,21). The number of benzene rings is 2. The molecule has 25 heavy (non-hydrogen) atoms. The summed E-state index contributed by atoms with van der Waals surface area (Å²) in [6.07, 6.45) is 0. The molecule has 0 saturated heterocycles. The number of rotatable bonds is 4. The Morgan fingerprint density at radius 1 is 1.16 bits per heavy atom. The molecule has 1 N–H and O–H groups in total. The molecule has 0 unspecified atom stereocenters. The molecule has 0 bridgehead atoms. The zero-order valence-corrected chi connectivity index (χ0v) is 15.9. The number of halogens is 1. The lowest BCUT2D eigenvalue weighted by Crippen LogP contribution is -2.13. The molecule has 5 nitrogen and oxygen atoms in total. The molecule has 1 aromatic heterocycles. The van der Waals surface area contributed by atoms with Crippen LogP contribution in [-0.2, 0) is 9.84 Å². The summed E-state index contributed by atoms with van der Waals surface area (Å²) in [6.45, 7) is 3.25. The summed E-state index contributed by atoms with van der Waals surface area (Å²) in [5.74, 6) is -0.268. The second-order valence-corrected chi connectivity index (χ2v) is 9.86. The van der Waals surface area contributed by atoms with Crippen molar-refractivity contribution in [3.63, 3.8) is 0 Å². The maximum absolute atomic E-state index is 12.3. The molecule has 0 aliphatic carbocycles. The van der Waals surface area contributed by atoms with Crippen molar-refractivity contribution in [2.45, 2.75) is 23.4 Å². The summed E-state index contributed by atoms with van der Waals surface area (Å²) in [5.41, 5.74) is 1.65. The van der Waals surface area contributed by atoms with Gasteiger partial charge in [-0.15, -0.1) is 11.3 Å². The third-order valence-corrected chi connectivity index (χ3v) is 7.43. The SMILES string of the molecule is CC(C)S(=O)(=O)c1nc2ccc(NC(=O)c3ccc(Cl)cc3)cc2s1. The molecule has 3 aromatic rings. The monoisotopic (exact) mass is 394 g/mol. The topological polar surface area (TPSA) is 76.1 Å². The first-order chi connectivity index (χ1) is 11.8. The van der Waals surface area contributed by atoms with Gasteiger partial charge >= 0.3 is 0 Å². The van der Waals surface area contributed by atoms with Crippen LogP contribution in [0.3, 0.4) is 0 Å². The molecule has 0 atom stereocenters. The lowest BCUT2D eigenvalue weighted by Gasteiger charge is -2.05. The van der Waals surface area contributed by atoms with Gasteiger partial charge in [0.2, 0.25) is 14.2 Å². The first-order valence-electron chi connectivity index (χ1n) is 7.49. The summed E-state index contributed by atoms with van der Waals surface area (Å²) in [6, 6.07) is 11.7. The zero-order chi connectivity index (χ0) is 18.2. The fourth-order valence-corrected chi connectivity index (χ4v) is 4.91. The highest BCUT2D eigenvalue weighted by Crippen LogP contribution is 2.30. The van der Waals surface area contributed by atoms with Crippen molar-refractivity contribution in [1.29, 1.82) is 0 Å². The van der Waals surface area contributed by atoms with Crippen molar-refractivity contribution in [3.8, 4) is 0 Å². The van der Waals surface area contributed by atoms with E-state index in [0.717, 1.165) is 11.3 Å². The first-order valence-corrected chi connectivity index (χ1v) is 10.2. The van der Waals surface area contributed by atoms with Crippen LogP contribution in [0.5, 0.6) is 0 Å². The second-order valence-electron chi connectivity index (χ2n) is 5.72. The predicted octanol–water partition coefficient (Wildman–Crippen LogP) is 4.38. The van der Waals surface area contributed by atoms with Crippen molar-refractivity contribution in [3.05, 3.63) is 53.1 Å². The number of nitrogens with one attached hydrogen (secondary N) is 1. The van der Waals surface area contributed by atoms with Crippen LogP contribution in [-0.4, -0.2) is 24.6 Å². The minimum Gasteiger partial charge on any atom is -0.322 e. The van der Waals surface area contributed by atoms with E-state index in [1.54, 1.807) is 56.3 Å². The molecule has 0 aliphatic rings. The Labute approximate surface area is 154 Å². The Balaban J connectivity index is 1.89. The van der Waals surface area contributed by atoms with Gasteiger partial charge in [-0.05, 0) is 56.3 Å². The molecule has 8 heteroatoms. The van der Waals surface area contributed by atoms with Gasteiger partial charge in [0.25, 0.3) is 5.91 Å². The normalized spacial score (nSPS) is 11.8. The van der Waals surface area contributed by atoms with Gasteiger partial charge in [0, 0.05) is 16.3 Å². The first kappa shape index (κ1) is 17.8. The van der Waals surface area contributed by atoms with Gasteiger partial charge in [0.1, 0.15) is 0 Å². The Kier molecular flexibility index (Phi) is 4.81. The van der Waals surface area contributed by atoms with Gasteiger partial charge in [0.05, 0.1) is 15.5 Å². The summed E-state index contributed by atoms with van der Waals surface area (Å²) < 4.78 is 25.3. The van der Waals surface area contributed by atoms with E-state index in [-0.39, 0.29) is 10.2 Å². The molecule has 0 saturated carbocycles. The number of fused-ring (bicyclic) bond motifs is 1. The Hall–Kier alpha value is -1.96. The molecule has 2 aromatic carbocycles. The number of thiazole rings is 1. The van der Waals surface area contributed by atoms with Crippen LogP contribution in [0.2, 0.25) is 5.02 Å². The Morgan fingerprint density at radius 3 is 2.48 bits per heavy atom. The minimum atomic E-state index is -3.41. The molecule has 3 rings (SSSR count). The number of hydrogen-bond acceptors (Lipinski definition) is 5. The van der Waals surface area contributed by atoms with Gasteiger partial charge in [-0.1, -0.05) is 11.6 Å². The molecule has 1 amide bonds. The fourth-order valence-electron chi connectivity index (χ4n) is 2.11. The van der Waals surface area contributed by atoms with E-state index in [0.29, 0.717) is 26.5 Å². The van der Waals surface area contributed by atoms with Crippen LogP contribution in [0.15, 0.2) is 46.8 Å². The number of carbonyl (C=O) groups excluding carboxylic acids is 1. The molecule has 0 radical (unpaired) electrons. The van der Waals surface area contributed by atoms with Crippen molar-refractivity contribution < 1.29 is 13.2 Å². The van der Waals surface area contributed by atoms with E-state index >= 15 is 0 Å². The van der Waals surface area contributed by atoms with E-state index < -0.39 is 15.1 Å². The highest BCUT2D eigenvalue weighted by Gasteiger charge is 2.23. The fraction of sp³-hybridized carbons (Fsp3) is 0.176. The molecule has 0 aliphatic heterocycles. The zero-order valence-electron chi connectivity index (χ0n) is 13.5. The quantitative estimate of drug-likeness (QED) is 0.712. The minimum absolute atomic E-state index is 0.0960. The van der Waals surface area contributed by atoms with Gasteiger partial charge in [0.15, 0.2) is 0 Å². The molecular weight excluding hydrogens is 380 g/mol. The van der Waals surface area contributed by atoms with Crippen LogP contribution in [0.25, 0.3) is 10.2 Å². The lowest BCUT2D eigenvalue weighted by molar-refractivity contribution is 0.102. The van der Waals surface area contributed by atoms with Crippen LogP contribution in [0.4, 0.5) is 5.69 Å². The number of sulfone groups is 1. The van der Waals surface area contributed by atoms with Gasteiger partial charge in [-0.2, -0.15) is 0 Å². The second kappa shape index (κ2) is 6.74. The number of carbonyl (C=O) groups is 1.